The topological polar surface area (TPSA) is 39.4 Å². The van der Waals surface area contributed by atoms with Crippen LogP contribution in [0.25, 0.3) is 5.69 Å². The van der Waals surface area contributed by atoms with Crippen molar-refractivity contribution in [2.45, 2.75) is 63.4 Å². The van der Waals surface area contributed by atoms with Crippen molar-refractivity contribution in [1.82, 2.24) is 9.78 Å². The van der Waals surface area contributed by atoms with Crippen LogP contribution < -0.4 is 0 Å². The SMILES string of the molecule is Cc1nn(-c2ccccc2)c2c1C(C(F)(F)F)(C(F)(F)F)OC(C13CC4CC(CC(C4)C1)C3)=N2. The highest BCUT2D eigenvalue weighted by Crippen LogP contribution is 2.64. The van der Waals surface area contributed by atoms with Crippen molar-refractivity contribution in [1.29, 1.82) is 0 Å². The predicted molar refractivity (Wildman–Crippen MR) is 111 cm³/mol. The fourth-order valence-electron chi connectivity index (χ4n) is 7.25. The quantitative estimate of drug-likeness (QED) is 0.442. The number of ether oxygens (including phenoxy) is 1. The molecular weight excluding hydrogens is 460 g/mol. The summed E-state index contributed by atoms with van der Waals surface area (Å²) in [5, 5.41) is 4.10. The highest BCUT2D eigenvalue weighted by atomic mass is 19.4. The first-order valence-electron chi connectivity index (χ1n) is 11.5. The minimum Gasteiger partial charge on any atom is -0.450 e. The Morgan fingerprint density at radius 2 is 1.41 bits per heavy atom. The Hall–Kier alpha value is -2.52. The molecule has 1 aliphatic heterocycles. The van der Waals surface area contributed by atoms with Gasteiger partial charge in [-0.3, -0.25) is 0 Å². The number of hydrogen-bond acceptors (Lipinski definition) is 3. The van der Waals surface area contributed by atoms with E-state index in [-0.39, 0.29) is 17.8 Å². The Morgan fingerprint density at radius 3 is 1.91 bits per heavy atom. The molecule has 10 heteroatoms. The summed E-state index contributed by atoms with van der Waals surface area (Å²) < 4.78 is 93.7. The number of benzene rings is 1. The number of fused-ring (bicyclic) bond motifs is 1. The second kappa shape index (κ2) is 6.79. The van der Waals surface area contributed by atoms with E-state index in [9.17, 15) is 26.3 Å². The van der Waals surface area contributed by atoms with E-state index in [0.29, 0.717) is 24.9 Å². The third-order valence-electron chi connectivity index (χ3n) is 8.14. The summed E-state index contributed by atoms with van der Waals surface area (Å²) in [6, 6.07) is 8.14. The van der Waals surface area contributed by atoms with Crippen LogP contribution in [-0.4, -0.2) is 28.0 Å². The average molecular weight is 483 g/mol. The number of aryl methyl sites for hydroxylation is 1. The van der Waals surface area contributed by atoms with Gasteiger partial charge < -0.3 is 4.74 Å². The number of aliphatic imine (C=N–C) groups is 1. The van der Waals surface area contributed by atoms with Crippen molar-refractivity contribution < 1.29 is 31.1 Å². The van der Waals surface area contributed by atoms with Crippen molar-refractivity contribution >= 4 is 11.7 Å². The van der Waals surface area contributed by atoms with E-state index in [1.54, 1.807) is 30.3 Å². The molecule has 2 heterocycles. The molecule has 4 nitrogen and oxygen atoms in total. The first-order chi connectivity index (χ1) is 15.9. The molecule has 1 aromatic heterocycles. The lowest BCUT2D eigenvalue weighted by molar-refractivity contribution is -0.372. The summed E-state index contributed by atoms with van der Waals surface area (Å²) in [6.07, 6.45) is -7.07. The van der Waals surface area contributed by atoms with Crippen molar-refractivity contribution in [2.24, 2.45) is 28.2 Å². The van der Waals surface area contributed by atoms with Crippen LogP contribution in [0, 0.1) is 30.1 Å². The molecule has 0 radical (unpaired) electrons. The van der Waals surface area contributed by atoms with Gasteiger partial charge in [-0.15, -0.1) is 0 Å². The molecule has 4 fully saturated rings. The number of aromatic nitrogens is 2. The van der Waals surface area contributed by atoms with Gasteiger partial charge in [-0.25, -0.2) is 4.68 Å². The second-order valence-corrected chi connectivity index (χ2v) is 10.4. The maximum absolute atomic E-state index is 14.6. The average Bonchev–Trinajstić information content (AvgIpc) is 3.08. The van der Waals surface area contributed by atoms with Crippen LogP contribution in [0.5, 0.6) is 0 Å². The van der Waals surface area contributed by atoms with Crippen molar-refractivity contribution in [3.05, 3.63) is 41.6 Å². The first-order valence-corrected chi connectivity index (χ1v) is 11.5. The van der Waals surface area contributed by atoms with Crippen LogP contribution in [0.3, 0.4) is 0 Å². The van der Waals surface area contributed by atoms with E-state index in [4.69, 9.17) is 4.74 Å². The smallest absolute Gasteiger partial charge is 0.442 e. The van der Waals surface area contributed by atoms with Crippen molar-refractivity contribution in [3.63, 3.8) is 0 Å². The summed E-state index contributed by atoms with van der Waals surface area (Å²) in [6.45, 7) is 1.14. The number of nitrogens with zero attached hydrogens (tertiary/aromatic N) is 3. The zero-order valence-corrected chi connectivity index (χ0v) is 18.4. The van der Waals surface area contributed by atoms with Crippen LogP contribution in [-0.2, 0) is 10.3 Å². The number of hydrogen-bond donors (Lipinski definition) is 0. The van der Waals surface area contributed by atoms with E-state index >= 15 is 0 Å². The molecule has 0 atom stereocenters. The minimum absolute atomic E-state index is 0.283. The molecule has 1 aromatic carbocycles. The molecular formula is C24H23F6N3O. The lowest BCUT2D eigenvalue weighted by atomic mass is 9.49. The van der Waals surface area contributed by atoms with Gasteiger partial charge in [0.1, 0.15) is 0 Å². The van der Waals surface area contributed by atoms with Gasteiger partial charge in [0.2, 0.25) is 0 Å². The van der Waals surface area contributed by atoms with E-state index in [0.717, 1.165) is 30.9 Å². The molecule has 0 saturated heterocycles. The maximum atomic E-state index is 14.6. The second-order valence-electron chi connectivity index (χ2n) is 10.4. The van der Waals surface area contributed by atoms with Crippen LogP contribution >= 0.6 is 0 Å². The molecule has 34 heavy (non-hydrogen) atoms. The van der Waals surface area contributed by atoms with Crippen molar-refractivity contribution in [3.8, 4) is 5.69 Å². The molecule has 0 amide bonds. The summed E-state index contributed by atoms with van der Waals surface area (Å²) in [5.41, 5.74) is -6.59. The Kier molecular flexibility index (Phi) is 4.39. The summed E-state index contributed by atoms with van der Waals surface area (Å²) in [4.78, 5) is 4.45. The van der Waals surface area contributed by atoms with E-state index in [1.165, 1.54) is 0 Å². The monoisotopic (exact) mass is 483 g/mol. The molecule has 2 aromatic rings. The Labute approximate surface area is 192 Å². The third-order valence-corrected chi connectivity index (χ3v) is 8.14. The maximum Gasteiger partial charge on any atom is 0.442 e. The molecule has 0 spiro atoms. The third kappa shape index (κ3) is 2.86. The van der Waals surface area contributed by atoms with Gasteiger partial charge in [0, 0.05) is 5.41 Å². The largest absolute Gasteiger partial charge is 0.450 e. The predicted octanol–water partition coefficient (Wildman–Crippen LogP) is 6.78. The van der Waals surface area contributed by atoms with Gasteiger partial charge in [0.05, 0.1) is 16.9 Å². The number of alkyl halides is 6. The highest BCUT2D eigenvalue weighted by Gasteiger charge is 2.78. The molecule has 4 saturated carbocycles. The Balaban J connectivity index is 1.62. The zero-order chi connectivity index (χ0) is 24.1. The highest BCUT2D eigenvalue weighted by molar-refractivity contribution is 5.88. The van der Waals surface area contributed by atoms with Gasteiger partial charge in [-0.05, 0) is 75.3 Å². The summed E-state index contributed by atoms with van der Waals surface area (Å²) >= 11 is 0. The Morgan fingerprint density at radius 1 is 0.882 bits per heavy atom. The van der Waals surface area contributed by atoms with Crippen LogP contribution in [0.2, 0.25) is 0 Å². The molecule has 7 rings (SSSR count). The molecule has 4 bridgehead atoms. The summed E-state index contributed by atoms with van der Waals surface area (Å²) in [5.74, 6) is -0.0242. The van der Waals surface area contributed by atoms with Crippen LogP contribution in [0.15, 0.2) is 35.3 Å². The number of halogens is 6. The molecule has 0 unspecified atom stereocenters. The molecule has 4 aliphatic carbocycles. The fourth-order valence-corrected chi connectivity index (χ4v) is 7.25. The molecule has 182 valence electrons. The van der Waals surface area contributed by atoms with Crippen LogP contribution in [0.1, 0.15) is 49.8 Å². The van der Waals surface area contributed by atoms with E-state index in [1.807, 2.05) is 0 Å². The minimum atomic E-state index is -5.77. The van der Waals surface area contributed by atoms with Crippen LogP contribution in [0.4, 0.5) is 32.2 Å². The van der Waals surface area contributed by atoms with Gasteiger partial charge in [-0.2, -0.15) is 36.4 Å². The normalized spacial score (nSPS) is 31.7. The van der Waals surface area contributed by atoms with Gasteiger partial charge in [-0.1, -0.05) is 18.2 Å². The first kappa shape index (κ1) is 22.0. The van der Waals surface area contributed by atoms with Gasteiger partial charge in [0.15, 0.2) is 11.7 Å². The standard InChI is InChI=1S/C24H23F6N3O/c1-13-18-19(33(32-13)17-5-3-2-4-6-17)31-20(34-22(18,23(25,26)27)24(28,29)30)21-10-14-7-15(11-21)9-16(8-14)12-21/h2-6,14-16H,7-12H2,1H3. The Bertz CT molecular complexity index is 1110. The lowest BCUT2D eigenvalue weighted by Gasteiger charge is -2.57. The number of para-hydroxylation sites is 1. The molecule has 5 aliphatic rings. The summed E-state index contributed by atoms with van der Waals surface area (Å²) in [7, 11) is 0. The number of rotatable bonds is 2. The van der Waals surface area contributed by atoms with Gasteiger partial charge >= 0.3 is 18.0 Å². The van der Waals surface area contributed by atoms with Crippen molar-refractivity contribution in [2.75, 3.05) is 0 Å². The van der Waals surface area contributed by atoms with E-state index < -0.39 is 46.3 Å². The zero-order valence-electron chi connectivity index (χ0n) is 18.4. The lowest BCUT2D eigenvalue weighted by Crippen LogP contribution is -2.61. The van der Waals surface area contributed by atoms with Gasteiger partial charge in [0.25, 0.3) is 0 Å². The molecule has 0 N–H and O–H groups in total. The fraction of sp³-hybridized carbons (Fsp3) is 0.583. The van der Waals surface area contributed by atoms with E-state index in [2.05, 4.69) is 10.1 Å².